The molecule has 4 rings (SSSR count). The number of rotatable bonds is 4. The van der Waals surface area contributed by atoms with Gasteiger partial charge < -0.3 is 9.80 Å². The number of hydrogen-bond donors (Lipinski definition) is 0. The van der Waals surface area contributed by atoms with Crippen LogP contribution in [0.4, 0.5) is 10.1 Å². The van der Waals surface area contributed by atoms with Crippen molar-refractivity contribution in [3.05, 3.63) is 71.5 Å². The molecule has 3 aromatic rings. The van der Waals surface area contributed by atoms with Gasteiger partial charge in [0.1, 0.15) is 5.82 Å². The zero-order chi connectivity index (χ0) is 19.5. The van der Waals surface area contributed by atoms with E-state index in [0.29, 0.717) is 23.9 Å². The van der Waals surface area contributed by atoms with Gasteiger partial charge in [0.25, 0.3) is 0 Å². The quantitative estimate of drug-likeness (QED) is 0.556. The zero-order valence-electron chi connectivity index (χ0n) is 15.3. The van der Waals surface area contributed by atoms with Crippen molar-refractivity contribution in [2.45, 2.75) is 4.90 Å². The van der Waals surface area contributed by atoms with Crippen LogP contribution >= 0.6 is 23.4 Å². The first-order valence-electron chi connectivity index (χ1n) is 9.20. The van der Waals surface area contributed by atoms with Crippen molar-refractivity contribution in [1.29, 1.82) is 0 Å². The fraction of sp³-hybridized carbons (Fsp3) is 0.227. The Kier molecular flexibility index (Phi) is 5.74. The van der Waals surface area contributed by atoms with Crippen molar-refractivity contribution < 1.29 is 9.18 Å². The number of fused-ring (bicyclic) bond motifs is 1. The molecule has 28 heavy (non-hydrogen) atoms. The first-order chi connectivity index (χ1) is 13.6. The predicted octanol–water partition coefficient (Wildman–Crippen LogP) is 5.07. The first-order valence-corrected chi connectivity index (χ1v) is 10.6. The maximum absolute atomic E-state index is 13.1. The molecular weight excluding hydrogens is 395 g/mol. The van der Waals surface area contributed by atoms with Crippen LogP contribution < -0.4 is 4.90 Å². The van der Waals surface area contributed by atoms with Crippen LogP contribution in [0.2, 0.25) is 5.02 Å². The lowest BCUT2D eigenvalue weighted by molar-refractivity contribution is -0.128. The molecule has 0 spiro atoms. The molecule has 0 aromatic heterocycles. The summed E-state index contributed by atoms with van der Waals surface area (Å²) in [5.74, 6) is 0.289. The summed E-state index contributed by atoms with van der Waals surface area (Å²) in [5, 5.41) is 2.80. The molecule has 6 heteroatoms. The minimum Gasteiger partial charge on any atom is -0.368 e. The van der Waals surface area contributed by atoms with Crippen molar-refractivity contribution in [3.8, 4) is 0 Å². The molecular formula is C22H20ClFN2OS. The van der Waals surface area contributed by atoms with E-state index >= 15 is 0 Å². The van der Waals surface area contributed by atoms with Crippen molar-refractivity contribution in [1.82, 2.24) is 4.90 Å². The van der Waals surface area contributed by atoms with Gasteiger partial charge in [-0.3, -0.25) is 4.79 Å². The number of carbonyl (C=O) groups excluding carboxylic acids is 1. The molecule has 1 aliphatic heterocycles. The molecule has 1 heterocycles. The average Bonchev–Trinajstić information content (AvgIpc) is 2.73. The molecule has 1 aliphatic rings. The number of nitrogens with zero attached hydrogens (tertiary/aromatic N) is 2. The summed E-state index contributed by atoms with van der Waals surface area (Å²) < 4.78 is 13.1. The van der Waals surface area contributed by atoms with Crippen LogP contribution in [0.5, 0.6) is 0 Å². The van der Waals surface area contributed by atoms with Crippen LogP contribution in [0.25, 0.3) is 10.8 Å². The second kappa shape index (κ2) is 8.41. The molecule has 0 N–H and O–H groups in total. The number of carbonyl (C=O) groups is 1. The van der Waals surface area contributed by atoms with Crippen LogP contribution in [0, 0.1) is 5.82 Å². The maximum atomic E-state index is 13.1. The minimum atomic E-state index is -0.233. The highest BCUT2D eigenvalue weighted by molar-refractivity contribution is 8.00. The molecule has 0 aliphatic carbocycles. The third kappa shape index (κ3) is 4.10. The van der Waals surface area contributed by atoms with E-state index in [1.54, 1.807) is 12.1 Å². The van der Waals surface area contributed by atoms with Gasteiger partial charge in [0, 0.05) is 47.2 Å². The Morgan fingerprint density at radius 3 is 2.36 bits per heavy atom. The number of piperazine rings is 1. The van der Waals surface area contributed by atoms with Crippen molar-refractivity contribution in [3.63, 3.8) is 0 Å². The Morgan fingerprint density at radius 1 is 0.964 bits per heavy atom. The second-order valence-electron chi connectivity index (χ2n) is 6.73. The first kappa shape index (κ1) is 19.1. The monoisotopic (exact) mass is 414 g/mol. The number of anilines is 1. The second-order valence-corrected chi connectivity index (χ2v) is 8.15. The zero-order valence-corrected chi connectivity index (χ0v) is 16.8. The van der Waals surface area contributed by atoms with E-state index < -0.39 is 0 Å². The Morgan fingerprint density at radius 2 is 1.64 bits per heavy atom. The summed E-state index contributed by atoms with van der Waals surface area (Å²) >= 11 is 7.91. The molecule has 1 fully saturated rings. The van der Waals surface area contributed by atoms with Gasteiger partial charge in [-0.05, 0) is 41.8 Å². The lowest BCUT2D eigenvalue weighted by atomic mass is 10.1. The number of benzene rings is 3. The van der Waals surface area contributed by atoms with Crippen molar-refractivity contribution in [2.75, 3.05) is 36.8 Å². The topological polar surface area (TPSA) is 23.6 Å². The molecule has 3 nitrogen and oxygen atoms in total. The highest BCUT2D eigenvalue weighted by Gasteiger charge is 2.21. The van der Waals surface area contributed by atoms with Crippen LogP contribution in [0.3, 0.4) is 0 Å². The molecule has 144 valence electrons. The van der Waals surface area contributed by atoms with Crippen molar-refractivity contribution in [2.24, 2.45) is 0 Å². The molecule has 3 aromatic carbocycles. The average molecular weight is 415 g/mol. The number of hydrogen-bond acceptors (Lipinski definition) is 3. The van der Waals surface area contributed by atoms with E-state index in [1.165, 1.54) is 23.9 Å². The Balaban J connectivity index is 1.36. The van der Waals surface area contributed by atoms with E-state index in [9.17, 15) is 9.18 Å². The lowest BCUT2D eigenvalue weighted by Gasteiger charge is -2.36. The van der Waals surface area contributed by atoms with E-state index in [0.717, 1.165) is 34.4 Å². The Bertz CT molecular complexity index is 982. The van der Waals surface area contributed by atoms with Gasteiger partial charge >= 0.3 is 0 Å². The molecule has 0 atom stereocenters. The van der Waals surface area contributed by atoms with Crippen LogP contribution in [-0.2, 0) is 4.79 Å². The van der Waals surface area contributed by atoms with E-state index in [4.69, 9.17) is 11.6 Å². The smallest absolute Gasteiger partial charge is 0.233 e. The molecule has 1 saturated heterocycles. The predicted molar refractivity (Wildman–Crippen MR) is 115 cm³/mol. The summed E-state index contributed by atoms with van der Waals surface area (Å²) in [7, 11) is 0. The van der Waals surface area contributed by atoms with Gasteiger partial charge in [0.2, 0.25) is 5.91 Å². The van der Waals surface area contributed by atoms with Crippen LogP contribution in [-0.4, -0.2) is 42.7 Å². The summed E-state index contributed by atoms with van der Waals surface area (Å²) in [5.41, 5.74) is 0.994. The standard InChI is InChI=1S/C22H20ClFN2OS/c23-19-5-1-3-16-4-2-6-20(22(16)19)28-15-21(27)26-13-11-25(12-14-26)18-9-7-17(24)8-10-18/h1-10H,11-15H2. The number of amides is 1. The van der Waals surface area contributed by atoms with Crippen molar-refractivity contribution >= 4 is 45.7 Å². The fourth-order valence-electron chi connectivity index (χ4n) is 3.48. The van der Waals surface area contributed by atoms with E-state index in [1.807, 2.05) is 41.3 Å². The fourth-order valence-corrected chi connectivity index (χ4v) is 4.83. The molecule has 0 radical (unpaired) electrons. The highest BCUT2D eigenvalue weighted by Crippen LogP contribution is 2.33. The summed E-state index contributed by atoms with van der Waals surface area (Å²) in [6, 6.07) is 18.4. The minimum absolute atomic E-state index is 0.132. The van der Waals surface area contributed by atoms with Gasteiger partial charge in [-0.25, -0.2) is 4.39 Å². The highest BCUT2D eigenvalue weighted by atomic mass is 35.5. The van der Waals surface area contributed by atoms with E-state index in [2.05, 4.69) is 4.90 Å². The van der Waals surface area contributed by atoms with Gasteiger partial charge in [-0.1, -0.05) is 35.9 Å². The molecule has 0 unspecified atom stereocenters. The summed E-state index contributed by atoms with van der Waals surface area (Å²) in [6.45, 7) is 2.85. The summed E-state index contributed by atoms with van der Waals surface area (Å²) in [6.07, 6.45) is 0. The molecule has 0 bridgehead atoms. The van der Waals surface area contributed by atoms with Gasteiger partial charge in [-0.15, -0.1) is 11.8 Å². The van der Waals surface area contributed by atoms with Gasteiger partial charge in [0.05, 0.1) is 5.75 Å². The number of halogens is 2. The number of thioether (sulfide) groups is 1. The largest absolute Gasteiger partial charge is 0.368 e. The van der Waals surface area contributed by atoms with Gasteiger partial charge in [0.15, 0.2) is 0 Å². The third-order valence-corrected chi connectivity index (χ3v) is 6.35. The summed E-state index contributed by atoms with van der Waals surface area (Å²) in [4.78, 5) is 17.8. The Hall–Kier alpha value is -2.24. The normalized spacial score (nSPS) is 14.5. The van der Waals surface area contributed by atoms with E-state index in [-0.39, 0.29) is 11.7 Å². The Labute approximate surface area is 173 Å². The molecule has 1 amide bonds. The van der Waals surface area contributed by atoms with Gasteiger partial charge in [-0.2, -0.15) is 0 Å². The lowest BCUT2D eigenvalue weighted by Crippen LogP contribution is -2.49. The van der Waals surface area contributed by atoms with Crippen LogP contribution in [0.15, 0.2) is 65.6 Å². The third-order valence-electron chi connectivity index (χ3n) is 4.99. The maximum Gasteiger partial charge on any atom is 0.233 e. The SMILES string of the molecule is O=C(CSc1cccc2cccc(Cl)c12)N1CCN(c2ccc(F)cc2)CC1. The molecule has 0 saturated carbocycles. The van der Waals surface area contributed by atoms with Crippen LogP contribution in [0.1, 0.15) is 0 Å².